The van der Waals surface area contributed by atoms with Crippen LogP contribution in [0, 0.1) is 0 Å². The number of fused-ring (bicyclic) bond motifs is 10. The van der Waals surface area contributed by atoms with Crippen molar-refractivity contribution in [3.05, 3.63) is 251 Å². The average Bonchev–Trinajstić information content (AvgIpc) is 4.13. The first-order chi connectivity index (χ1) is 36.6. The van der Waals surface area contributed by atoms with E-state index in [1.807, 2.05) is 12.4 Å². The minimum Gasteiger partial charge on any atom is -0.254 e. The number of rotatable bonds is 6. The maximum Gasteiger partial charge on any atom is 0.0937 e. The van der Waals surface area contributed by atoms with Crippen LogP contribution in [-0.2, 0) is 27.1 Å². The van der Waals surface area contributed by atoms with Crippen LogP contribution in [0.2, 0.25) is 0 Å². The fourth-order valence-corrected chi connectivity index (χ4v) is 12.1. The smallest absolute Gasteiger partial charge is 0.0937 e. The van der Waals surface area contributed by atoms with E-state index in [-0.39, 0.29) is 21.7 Å². The normalized spacial score (nSPS) is 13.6. The van der Waals surface area contributed by atoms with Gasteiger partial charge in [0.2, 0.25) is 0 Å². The van der Waals surface area contributed by atoms with E-state index in [9.17, 15) is 0 Å². The minimum absolute atomic E-state index is 0.0619. The molecule has 0 radical (unpaired) electrons. The van der Waals surface area contributed by atoms with Gasteiger partial charge in [-0.1, -0.05) is 217 Å². The minimum atomic E-state index is -0.665. The number of aromatic nitrogens is 2. The van der Waals surface area contributed by atoms with E-state index >= 15 is 0 Å². The molecule has 0 bridgehead atoms. The zero-order chi connectivity index (χ0) is 53.8. The number of pyridine rings is 2. The molecule has 0 amide bonds. The van der Waals surface area contributed by atoms with E-state index in [0.717, 1.165) is 11.4 Å². The molecule has 2 aliphatic carbocycles. The maximum absolute atomic E-state index is 5.13. The lowest BCUT2D eigenvalue weighted by atomic mass is 9.70. The van der Waals surface area contributed by atoms with Crippen LogP contribution >= 0.6 is 0 Å². The number of hydrogen-bond donors (Lipinski definition) is 0. The molecular weight excluding hydrogens is 929 g/mol. The van der Waals surface area contributed by atoms with Crippen LogP contribution in [0.25, 0.3) is 89.3 Å². The molecule has 0 saturated heterocycles. The molecule has 12 rings (SSSR count). The van der Waals surface area contributed by atoms with E-state index in [1.54, 1.807) is 0 Å². The second-order valence-corrected chi connectivity index (χ2v) is 26.0. The van der Waals surface area contributed by atoms with Gasteiger partial charge in [0.25, 0.3) is 0 Å². The summed E-state index contributed by atoms with van der Waals surface area (Å²) in [6.07, 6.45) is 3.84. The molecule has 1 spiro atoms. The van der Waals surface area contributed by atoms with Gasteiger partial charge in [0, 0.05) is 12.4 Å². The topological polar surface area (TPSA) is 25.8 Å². The number of nitrogens with zero attached hydrogens (tertiary/aromatic N) is 2. The van der Waals surface area contributed by atoms with Crippen molar-refractivity contribution in [1.29, 1.82) is 0 Å². The Hall–Kier alpha value is -7.94. The van der Waals surface area contributed by atoms with Gasteiger partial charge in [0.15, 0.2) is 0 Å². The predicted molar refractivity (Wildman–Crippen MR) is 326 cm³/mol. The molecule has 8 aromatic carbocycles. The van der Waals surface area contributed by atoms with Crippen molar-refractivity contribution in [2.45, 2.75) is 110 Å². The molecule has 2 aromatic heterocycles. The third kappa shape index (κ3) is 8.77. The van der Waals surface area contributed by atoms with Gasteiger partial charge in [0.05, 0.1) is 16.8 Å². The molecule has 0 fully saturated rings. The Labute approximate surface area is 458 Å². The highest BCUT2D eigenvalue weighted by molar-refractivity contribution is 5.96. The van der Waals surface area contributed by atoms with Crippen molar-refractivity contribution >= 4 is 0 Å². The van der Waals surface area contributed by atoms with Gasteiger partial charge in [-0.25, -0.2) is 0 Å². The fraction of sp³-hybridized carbons (Fsp3) is 0.227. The van der Waals surface area contributed by atoms with Gasteiger partial charge in [-0.05, 0) is 205 Å². The summed E-state index contributed by atoms with van der Waals surface area (Å²) in [6.45, 7) is 27.4. The lowest BCUT2D eigenvalue weighted by Gasteiger charge is -2.30. The molecule has 2 heteroatoms. The molecule has 77 heavy (non-hydrogen) atoms. The maximum atomic E-state index is 5.13. The molecule has 0 aliphatic heterocycles. The van der Waals surface area contributed by atoms with E-state index in [2.05, 4.69) is 277 Å². The fourth-order valence-electron chi connectivity index (χ4n) is 12.1. The summed E-state index contributed by atoms with van der Waals surface area (Å²) in [5, 5.41) is 0. The summed E-state index contributed by atoms with van der Waals surface area (Å²) in [5.41, 5.74) is 28.4. The summed E-state index contributed by atoms with van der Waals surface area (Å²) >= 11 is 0. The van der Waals surface area contributed by atoms with E-state index in [0.29, 0.717) is 0 Å². The summed E-state index contributed by atoms with van der Waals surface area (Å²) in [4.78, 5) is 10.3. The highest BCUT2D eigenvalue weighted by Gasteiger charge is 2.53. The second kappa shape index (κ2) is 18.1. The Morgan fingerprint density at radius 1 is 0.247 bits per heavy atom. The van der Waals surface area contributed by atoms with Crippen LogP contribution in [0.4, 0.5) is 0 Å². The van der Waals surface area contributed by atoms with Gasteiger partial charge >= 0.3 is 0 Å². The van der Waals surface area contributed by atoms with Crippen LogP contribution in [0.1, 0.15) is 128 Å². The van der Waals surface area contributed by atoms with Gasteiger partial charge < -0.3 is 0 Å². The molecule has 380 valence electrons. The van der Waals surface area contributed by atoms with Crippen LogP contribution in [-0.4, -0.2) is 9.97 Å². The standard InChI is InChI=1S/C75H70N2/c1-71(2,3)59-27-17-47(18-28-59)53-39-54(48-19-29-60(30-20-48)72(4,5)6)42-57(41-53)51-25-35-63-64-36-26-52(46-68(64)75(67(63)45-51)65-15-13-37-76-69(65)70-66(75)16-14-38-77-70)58-43-55(49-21-31-61(32-22-49)73(7,8)9)40-56(44-58)50-23-33-62(34-24-50)74(10,11)12/h13-46H,1-12H3. The molecule has 10 aromatic rings. The summed E-state index contributed by atoms with van der Waals surface area (Å²) in [7, 11) is 0. The zero-order valence-electron chi connectivity index (χ0n) is 47.0. The Morgan fingerprint density at radius 3 is 0.753 bits per heavy atom. The first kappa shape index (κ1) is 49.9. The summed E-state index contributed by atoms with van der Waals surface area (Å²) < 4.78 is 0. The molecule has 0 atom stereocenters. The lowest BCUT2D eigenvalue weighted by Crippen LogP contribution is -2.26. The molecule has 2 aliphatic rings. The summed E-state index contributed by atoms with van der Waals surface area (Å²) in [6, 6.07) is 74.3. The first-order valence-corrected chi connectivity index (χ1v) is 27.6. The molecule has 2 heterocycles. The Bertz CT molecular complexity index is 3490. The Morgan fingerprint density at radius 2 is 0.494 bits per heavy atom. The second-order valence-electron chi connectivity index (χ2n) is 26.0. The Balaban J connectivity index is 1.05. The van der Waals surface area contributed by atoms with Gasteiger partial charge in [-0.3, -0.25) is 9.97 Å². The van der Waals surface area contributed by atoms with Crippen molar-refractivity contribution in [3.63, 3.8) is 0 Å². The van der Waals surface area contributed by atoms with Crippen LogP contribution in [0.3, 0.4) is 0 Å². The number of hydrogen-bond acceptors (Lipinski definition) is 2. The van der Waals surface area contributed by atoms with Crippen molar-refractivity contribution in [3.8, 4) is 89.3 Å². The monoisotopic (exact) mass is 999 g/mol. The van der Waals surface area contributed by atoms with Crippen LogP contribution < -0.4 is 0 Å². The molecule has 0 saturated carbocycles. The van der Waals surface area contributed by atoms with Crippen molar-refractivity contribution in [2.24, 2.45) is 0 Å². The van der Waals surface area contributed by atoms with Crippen molar-refractivity contribution in [2.75, 3.05) is 0 Å². The molecular formula is C75H70N2. The van der Waals surface area contributed by atoms with E-state index in [1.165, 1.54) is 122 Å². The van der Waals surface area contributed by atoms with E-state index in [4.69, 9.17) is 9.97 Å². The highest BCUT2D eigenvalue weighted by Crippen LogP contribution is 2.63. The highest BCUT2D eigenvalue weighted by atomic mass is 14.8. The third-order valence-corrected chi connectivity index (χ3v) is 16.7. The quantitative estimate of drug-likeness (QED) is 0.166. The molecule has 2 nitrogen and oxygen atoms in total. The largest absolute Gasteiger partial charge is 0.254 e. The van der Waals surface area contributed by atoms with Gasteiger partial charge in [-0.15, -0.1) is 0 Å². The predicted octanol–water partition coefficient (Wildman–Crippen LogP) is 20.0. The van der Waals surface area contributed by atoms with Crippen molar-refractivity contribution < 1.29 is 0 Å². The SMILES string of the molecule is CC(C)(C)c1ccc(-c2cc(-c3ccc(C(C)(C)C)cc3)cc(-c3ccc4c(c3)C3(c5cc(-c6cc(-c7ccc(C(C)(C)C)cc7)cc(-c7ccc(C(C)(C)C)cc7)c6)ccc5-4)c4cccnc4-c4ncccc43)c2)cc1. The molecule has 0 N–H and O–H groups in total. The third-order valence-electron chi connectivity index (χ3n) is 16.7. The Kier molecular flexibility index (Phi) is 11.7. The molecule has 0 unspecified atom stereocenters. The van der Waals surface area contributed by atoms with Crippen LogP contribution in [0.5, 0.6) is 0 Å². The average molecular weight is 999 g/mol. The zero-order valence-corrected chi connectivity index (χ0v) is 47.0. The number of benzene rings is 8. The van der Waals surface area contributed by atoms with Gasteiger partial charge in [-0.2, -0.15) is 0 Å². The lowest BCUT2D eigenvalue weighted by molar-refractivity contribution is 0.590. The van der Waals surface area contributed by atoms with Crippen molar-refractivity contribution in [1.82, 2.24) is 9.97 Å². The van der Waals surface area contributed by atoms with Gasteiger partial charge in [0.1, 0.15) is 0 Å². The first-order valence-electron chi connectivity index (χ1n) is 27.6. The summed E-state index contributed by atoms with van der Waals surface area (Å²) in [5.74, 6) is 0. The van der Waals surface area contributed by atoms with Crippen LogP contribution in [0.15, 0.2) is 207 Å². The van der Waals surface area contributed by atoms with E-state index < -0.39 is 5.41 Å².